The van der Waals surface area contributed by atoms with Gasteiger partial charge in [-0.25, -0.2) is 14.6 Å². The highest BCUT2D eigenvalue weighted by Gasteiger charge is 1.98. The van der Waals surface area contributed by atoms with Crippen LogP contribution in [0.1, 0.15) is 5.56 Å². The van der Waals surface area contributed by atoms with Crippen LogP contribution in [0.5, 0.6) is 0 Å². The van der Waals surface area contributed by atoms with E-state index in [0.717, 1.165) is 5.56 Å². The first kappa shape index (κ1) is 9.79. The maximum Gasteiger partial charge on any atom is 0.285 e. The minimum Gasteiger partial charge on any atom is -0.266 e. The third-order valence-electron chi connectivity index (χ3n) is 1.82. The molecule has 5 nitrogen and oxygen atoms in total. The molecule has 0 amide bonds. The molecule has 2 aromatic rings. The first-order valence-corrected chi connectivity index (χ1v) is 4.61. The Morgan fingerprint density at radius 2 is 2.20 bits per heavy atom. The van der Waals surface area contributed by atoms with E-state index in [1.54, 1.807) is 18.3 Å². The molecule has 0 saturated carbocycles. The lowest BCUT2D eigenvalue weighted by molar-refractivity contribution is 0.623. The molecule has 0 spiro atoms. The second kappa shape index (κ2) is 4.18. The van der Waals surface area contributed by atoms with Crippen molar-refractivity contribution in [1.82, 2.24) is 19.7 Å². The fourth-order valence-electron chi connectivity index (χ4n) is 1.10. The highest BCUT2D eigenvalue weighted by Crippen LogP contribution is 2.05. The summed E-state index contributed by atoms with van der Waals surface area (Å²) in [6.45, 7) is 0.367. The van der Waals surface area contributed by atoms with Crippen molar-refractivity contribution >= 4 is 11.6 Å². The number of halogens is 1. The Morgan fingerprint density at radius 1 is 1.33 bits per heavy atom. The second-order valence-corrected chi connectivity index (χ2v) is 3.28. The Morgan fingerprint density at radius 3 is 2.87 bits per heavy atom. The first-order chi connectivity index (χ1) is 7.25. The van der Waals surface area contributed by atoms with Gasteiger partial charge < -0.3 is 0 Å². The Bertz CT molecular complexity index is 508. The Balaban J connectivity index is 2.26. The SMILES string of the molecule is O=c1cncnn1Cc1ccc(Cl)nc1. The number of aromatic nitrogens is 4. The summed E-state index contributed by atoms with van der Waals surface area (Å²) >= 11 is 5.64. The summed E-state index contributed by atoms with van der Waals surface area (Å²) in [4.78, 5) is 18.8. The van der Waals surface area contributed by atoms with E-state index in [4.69, 9.17) is 11.6 Å². The normalized spacial score (nSPS) is 10.2. The Labute approximate surface area is 90.4 Å². The minimum absolute atomic E-state index is 0.243. The predicted octanol–water partition coefficient (Wildman–Crippen LogP) is 0.735. The standard InChI is InChI=1S/C9H7ClN4O/c10-8-2-1-7(3-12-8)5-14-9(15)4-11-6-13-14/h1-4,6H,5H2. The van der Waals surface area contributed by atoms with E-state index in [9.17, 15) is 4.79 Å². The molecule has 15 heavy (non-hydrogen) atoms. The zero-order valence-electron chi connectivity index (χ0n) is 7.67. The van der Waals surface area contributed by atoms with E-state index in [-0.39, 0.29) is 5.56 Å². The summed E-state index contributed by atoms with van der Waals surface area (Å²) in [7, 11) is 0. The van der Waals surface area contributed by atoms with Crippen molar-refractivity contribution in [2.24, 2.45) is 0 Å². The molecule has 0 aromatic carbocycles. The van der Waals surface area contributed by atoms with E-state index in [1.807, 2.05) is 0 Å². The summed E-state index contributed by atoms with van der Waals surface area (Å²) in [5, 5.41) is 4.25. The van der Waals surface area contributed by atoms with Gasteiger partial charge in [-0.2, -0.15) is 5.10 Å². The molecule has 0 atom stereocenters. The maximum atomic E-state index is 11.3. The number of hydrogen-bond acceptors (Lipinski definition) is 4. The fourth-order valence-corrected chi connectivity index (χ4v) is 1.22. The van der Waals surface area contributed by atoms with Crippen LogP contribution in [0.25, 0.3) is 0 Å². The van der Waals surface area contributed by atoms with Crippen molar-refractivity contribution in [1.29, 1.82) is 0 Å². The molecule has 0 saturated heterocycles. The summed E-state index contributed by atoms with van der Waals surface area (Å²) in [6, 6.07) is 3.47. The summed E-state index contributed by atoms with van der Waals surface area (Å²) in [6.07, 6.45) is 4.15. The van der Waals surface area contributed by atoms with Crippen LogP contribution in [0.4, 0.5) is 0 Å². The molecule has 0 radical (unpaired) electrons. The fraction of sp³-hybridized carbons (Fsp3) is 0.111. The smallest absolute Gasteiger partial charge is 0.266 e. The molecule has 0 aliphatic heterocycles. The van der Waals surface area contributed by atoms with Gasteiger partial charge in [0.2, 0.25) is 0 Å². The van der Waals surface area contributed by atoms with Gasteiger partial charge in [0.15, 0.2) is 0 Å². The van der Waals surface area contributed by atoms with Gasteiger partial charge >= 0.3 is 0 Å². The summed E-state index contributed by atoms with van der Waals surface area (Å²) < 4.78 is 1.30. The monoisotopic (exact) mass is 222 g/mol. The van der Waals surface area contributed by atoms with E-state index in [2.05, 4.69) is 15.1 Å². The van der Waals surface area contributed by atoms with Gasteiger partial charge in [-0.1, -0.05) is 17.7 Å². The van der Waals surface area contributed by atoms with Crippen LogP contribution in [-0.4, -0.2) is 19.7 Å². The first-order valence-electron chi connectivity index (χ1n) is 4.23. The van der Waals surface area contributed by atoms with Gasteiger partial charge in [-0.15, -0.1) is 0 Å². The lowest BCUT2D eigenvalue weighted by Gasteiger charge is -2.02. The number of rotatable bonds is 2. The number of nitrogens with zero attached hydrogens (tertiary/aromatic N) is 4. The highest BCUT2D eigenvalue weighted by molar-refractivity contribution is 6.29. The van der Waals surface area contributed by atoms with Crippen molar-refractivity contribution in [3.05, 3.63) is 51.9 Å². The average Bonchev–Trinajstić information content (AvgIpc) is 2.25. The average molecular weight is 223 g/mol. The van der Waals surface area contributed by atoms with Crippen molar-refractivity contribution in [2.45, 2.75) is 6.54 Å². The molecule has 0 bridgehead atoms. The van der Waals surface area contributed by atoms with Crippen LogP contribution < -0.4 is 5.56 Å². The summed E-state index contributed by atoms with van der Waals surface area (Å²) in [5.41, 5.74) is 0.618. The molecule has 6 heteroatoms. The van der Waals surface area contributed by atoms with Gasteiger partial charge in [0, 0.05) is 6.20 Å². The summed E-state index contributed by atoms with van der Waals surface area (Å²) in [5.74, 6) is 0. The molecule has 0 unspecified atom stereocenters. The van der Waals surface area contributed by atoms with Crippen LogP contribution in [0.15, 0.2) is 35.6 Å². The predicted molar refractivity (Wildman–Crippen MR) is 54.6 cm³/mol. The zero-order chi connectivity index (χ0) is 10.7. The van der Waals surface area contributed by atoms with Crippen molar-refractivity contribution in [3.63, 3.8) is 0 Å². The molecular formula is C9H7ClN4O. The molecular weight excluding hydrogens is 216 g/mol. The highest BCUT2D eigenvalue weighted by atomic mass is 35.5. The third kappa shape index (κ3) is 2.38. The van der Waals surface area contributed by atoms with E-state index in [0.29, 0.717) is 11.7 Å². The number of hydrogen-bond donors (Lipinski definition) is 0. The molecule has 76 valence electrons. The lowest BCUT2D eigenvalue weighted by atomic mass is 10.3. The molecule has 0 aliphatic rings. The molecule has 0 fully saturated rings. The van der Waals surface area contributed by atoms with Gasteiger partial charge in [-0.05, 0) is 11.6 Å². The van der Waals surface area contributed by atoms with Crippen LogP contribution in [0.3, 0.4) is 0 Å². The number of pyridine rings is 1. The lowest BCUT2D eigenvalue weighted by Crippen LogP contribution is -2.22. The molecule has 2 heterocycles. The van der Waals surface area contributed by atoms with Crippen LogP contribution in [-0.2, 0) is 6.54 Å². The zero-order valence-corrected chi connectivity index (χ0v) is 8.42. The molecule has 0 aliphatic carbocycles. The van der Waals surface area contributed by atoms with Crippen LogP contribution in [0, 0.1) is 0 Å². The second-order valence-electron chi connectivity index (χ2n) is 2.89. The minimum atomic E-state index is -0.243. The third-order valence-corrected chi connectivity index (χ3v) is 2.04. The van der Waals surface area contributed by atoms with Gasteiger partial charge in [0.05, 0.1) is 12.7 Å². The van der Waals surface area contributed by atoms with Gasteiger partial charge in [0.1, 0.15) is 11.5 Å². The quantitative estimate of drug-likeness (QED) is 0.703. The molecule has 0 N–H and O–H groups in total. The van der Waals surface area contributed by atoms with E-state index >= 15 is 0 Å². The maximum absolute atomic E-state index is 11.3. The molecule has 2 rings (SSSR count). The Hall–Kier alpha value is -1.75. The largest absolute Gasteiger partial charge is 0.285 e. The van der Waals surface area contributed by atoms with Gasteiger partial charge in [0.25, 0.3) is 5.56 Å². The van der Waals surface area contributed by atoms with Crippen molar-refractivity contribution < 1.29 is 0 Å². The van der Waals surface area contributed by atoms with Crippen LogP contribution in [0.2, 0.25) is 5.15 Å². The van der Waals surface area contributed by atoms with Crippen molar-refractivity contribution in [2.75, 3.05) is 0 Å². The topological polar surface area (TPSA) is 60.7 Å². The van der Waals surface area contributed by atoms with Gasteiger partial charge in [-0.3, -0.25) is 4.79 Å². The Kier molecular flexibility index (Phi) is 2.73. The van der Waals surface area contributed by atoms with E-state index in [1.165, 1.54) is 17.2 Å². The van der Waals surface area contributed by atoms with Crippen molar-refractivity contribution in [3.8, 4) is 0 Å². The molecule has 2 aromatic heterocycles. The van der Waals surface area contributed by atoms with Crippen LogP contribution >= 0.6 is 11.6 Å². The van der Waals surface area contributed by atoms with E-state index < -0.39 is 0 Å².